The van der Waals surface area contributed by atoms with Gasteiger partial charge in [-0.25, -0.2) is 9.97 Å². The lowest BCUT2D eigenvalue weighted by Gasteiger charge is -2.09. The molecule has 23 heavy (non-hydrogen) atoms. The third kappa shape index (κ3) is 4.36. The summed E-state index contributed by atoms with van der Waals surface area (Å²) in [6, 6.07) is 9.47. The first-order chi connectivity index (χ1) is 11.2. The standard InChI is InChI=1S/C18H21N3O2/c1-13-10-11-19-18(20-13)14-4-6-15(7-5-14)21-17(22)9-8-16-3-2-12-23-16/h4-7,10-11,16H,2-3,8-9,12H2,1H3,(H,21,22). The lowest BCUT2D eigenvalue weighted by Crippen LogP contribution is -2.15. The van der Waals surface area contributed by atoms with Gasteiger partial charge in [-0.1, -0.05) is 0 Å². The number of benzene rings is 1. The third-order valence-electron chi connectivity index (χ3n) is 3.94. The quantitative estimate of drug-likeness (QED) is 0.919. The molecule has 0 saturated carbocycles. The number of carbonyl (C=O) groups excluding carboxylic acids is 1. The summed E-state index contributed by atoms with van der Waals surface area (Å²) in [7, 11) is 0. The highest BCUT2D eigenvalue weighted by Crippen LogP contribution is 2.19. The monoisotopic (exact) mass is 311 g/mol. The third-order valence-corrected chi connectivity index (χ3v) is 3.94. The average Bonchev–Trinajstić information content (AvgIpc) is 3.07. The van der Waals surface area contributed by atoms with Crippen molar-refractivity contribution in [2.75, 3.05) is 11.9 Å². The molecule has 1 aliphatic rings. The Hall–Kier alpha value is -2.27. The van der Waals surface area contributed by atoms with E-state index in [1.807, 2.05) is 37.3 Å². The van der Waals surface area contributed by atoms with E-state index in [0.717, 1.165) is 42.8 Å². The number of anilines is 1. The van der Waals surface area contributed by atoms with Crippen molar-refractivity contribution in [3.63, 3.8) is 0 Å². The van der Waals surface area contributed by atoms with Crippen molar-refractivity contribution in [2.24, 2.45) is 0 Å². The van der Waals surface area contributed by atoms with E-state index in [-0.39, 0.29) is 12.0 Å². The van der Waals surface area contributed by atoms with Gasteiger partial charge in [0.05, 0.1) is 6.10 Å². The highest BCUT2D eigenvalue weighted by molar-refractivity contribution is 5.90. The Kier molecular flexibility index (Phi) is 4.98. The summed E-state index contributed by atoms with van der Waals surface area (Å²) in [6.07, 6.45) is 5.46. The number of amides is 1. The molecule has 1 amide bonds. The maximum atomic E-state index is 12.0. The van der Waals surface area contributed by atoms with E-state index in [2.05, 4.69) is 15.3 Å². The van der Waals surface area contributed by atoms with Gasteiger partial charge in [0.2, 0.25) is 5.91 Å². The van der Waals surface area contributed by atoms with Crippen molar-refractivity contribution in [1.82, 2.24) is 9.97 Å². The zero-order valence-corrected chi connectivity index (χ0v) is 13.3. The summed E-state index contributed by atoms with van der Waals surface area (Å²) in [5, 5.41) is 2.92. The SMILES string of the molecule is Cc1ccnc(-c2ccc(NC(=O)CCC3CCCO3)cc2)n1. The topological polar surface area (TPSA) is 64.1 Å². The summed E-state index contributed by atoms with van der Waals surface area (Å²) in [5.74, 6) is 0.723. The van der Waals surface area contributed by atoms with Gasteiger partial charge in [0.25, 0.3) is 0 Å². The van der Waals surface area contributed by atoms with Crippen LogP contribution in [-0.4, -0.2) is 28.6 Å². The number of ether oxygens (including phenoxy) is 1. The van der Waals surface area contributed by atoms with Gasteiger partial charge in [-0.2, -0.15) is 0 Å². The number of nitrogens with zero attached hydrogens (tertiary/aromatic N) is 2. The van der Waals surface area contributed by atoms with Gasteiger partial charge in [-0.3, -0.25) is 4.79 Å². The molecule has 1 aliphatic heterocycles. The van der Waals surface area contributed by atoms with Gasteiger partial charge in [0.15, 0.2) is 5.82 Å². The summed E-state index contributed by atoms with van der Waals surface area (Å²) < 4.78 is 5.53. The van der Waals surface area contributed by atoms with E-state index in [9.17, 15) is 4.79 Å². The molecule has 120 valence electrons. The maximum Gasteiger partial charge on any atom is 0.224 e. The van der Waals surface area contributed by atoms with Gasteiger partial charge < -0.3 is 10.1 Å². The first-order valence-corrected chi connectivity index (χ1v) is 8.02. The van der Waals surface area contributed by atoms with E-state index in [1.165, 1.54) is 0 Å². The highest BCUT2D eigenvalue weighted by Gasteiger charge is 2.16. The molecule has 2 aromatic rings. The van der Waals surface area contributed by atoms with Crippen LogP contribution in [0.5, 0.6) is 0 Å². The van der Waals surface area contributed by atoms with E-state index in [4.69, 9.17) is 4.74 Å². The zero-order valence-electron chi connectivity index (χ0n) is 13.3. The van der Waals surface area contributed by atoms with Crippen molar-refractivity contribution in [3.05, 3.63) is 42.2 Å². The molecule has 5 nitrogen and oxygen atoms in total. The lowest BCUT2D eigenvalue weighted by molar-refractivity contribution is -0.116. The summed E-state index contributed by atoms with van der Waals surface area (Å²) in [4.78, 5) is 20.6. The molecule has 1 aromatic carbocycles. The van der Waals surface area contributed by atoms with Crippen LogP contribution < -0.4 is 5.32 Å². The van der Waals surface area contributed by atoms with Gasteiger partial charge in [0, 0.05) is 36.2 Å². The van der Waals surface area contributed by atoms with E-state index in [1.54, 1.807) is 6.20 Å². The van der Waals surface area contributed by atoms with Gasteiger partial charge >= 0.3 is 0 Å². The normalized spacial score (nSPS) is 17.2. The fraction of sp³-hybridized carbons (Fsp3) is 0.389. The van der Waals surface area contributed by atoms with Gasteiger partial charge in [0.1, 0.15) is 0 Å². The molecule has 1 atom stereocenters. The first-order valence-electron chi connectivity index (χ1n) is 8.02. The molecule has 3 rings (SSSR count). The molecular formula is C18H21N3O2. The number of rotatable bonds is 5. The number of aromatic nitrogens is 2. The smallest absolute Gasteiger partial charge is 0.224 e. The number of aryl methyl sites for hydroxylation is 1. The molecule has 1 unspecified atom stereocenters. The van der Waals surface area contributed by atoms with Gasteiger partial charge in [-0.05, 0) is 56.5 Å². The van der Waals surface area contributed by atoms with Crippen LogP contribution in [0.25, 0.3) is 11.4 Å². The number of carbonyl (C=O) groups is 1. The molecule has 1 fully saturated rings. The first kappa shape index (κ1) is 15.6. The molecule has 0 spiro atoms. The molecule has 1 saturated heterocycles. The van der Waals surface area contributed by atoms with E-state index >= 15 is 0 Å². The predicted octanol–water partition coefficient (Wildman–Crippen LogP) is 3.35. The van der Waals surface area contributed by atoms with Crippen LogP contribution in [0.1, 0.15) is 31.4 Å². The molecule has 2 heterocycles. The molecule has 5 heteroatoms. The largest absolute Gasteiger partial charge is 0.378 e. The van der Waals surface area contributed by atoms with Crippen LogP contribution in [0, 0.1) is 6.92 Å². The van der Waals surface area contributed by atoms with Crippen molar-refractivity contribution in [1.29, 1.82) is 0 Å². The summed E-state index contributed by atoms with van der Waals surface area (Å²) in [5.41, 5.74) is 2.66. The number of hydrogen-bond acceptors (Lipinski definition) is 4. The second kappa shape index (κ2) is 7.33. The Labute approximate surface area is 136 Å². The van der Waals surface area contributed by atoms with E-state index < -0.39 is 0 Å². The Morgan fingerprint density at radius 2 is 2.13 bits per heavy atom. The lowest BCUT2D eigenvalue weighted by atomic mass is 10.1. The Morgan fingerprint density at radius 3 is 2.83 bits per heavy atom. The summed E-state index contributed by atoms with van der Waals surface area (Å²) >= 11 is 0. The van der Waals surface area contributed by atoms with Gasteiger partial charge in [-0.15, -0.1) is 0 Å². The fourth-order valence-corrected chi connectivity index (χ4v) is 2.68. The van der Waals surface area contributed by atoms with Crippen LogP contribution in [0.2, 0.25) is 0 Å². The molecule has 0 bridgehead atoms. The molecule has 1 N–H and O–H groups in total. The van der Waals surface area contributed by atoms with Crippen LogP contribution >= 0.6 is 0 Å². The Morgan fingerprint density at radius 1 is 1.30 bits per heavy atom. The number of hydrogen-bond donors (Lipinski definition) is 1. The molecule has 0 aliphatic carbocycles. The van der Waals surface area contributed by atoms with Crippen molar-refractivity contribution in [3.8, 4) is 11.4 Å². The van der Waals surface area contributed by atoms with Crippen molar-refractivity contribution < 1.29 is 9.53 Å². The maximum absolute atomic E-state index is 12.0. The Bertz CT molecular complexity index is 664. The van der Waals surface area contributed by atoms with E-state index in [0.29, 0.717) is 12.2 Å². The van der Waals surface area contributed by atoms with Crippen LogP contribution in [-0.2, 0) is 9.53 Å². The Balaban J connectivity index is 1.55. The highest BCUT2D eigenvalue weighted by atomic mass is 16.5. The number of nitrogens with one attached hydrogen (secondary N) is 1. The van der Waals surface area contributed by atoms with Crippen LogP contribution in [0.15, 0.2) is 36.5 Å². The minimum atomic E-state index is 0.0278. The minimum absolute atomic E-state index is 0.0278. The predicted molar refractivity (Wildman–Crippen MR) is 89.0 cm³/mol. The molecule has 0 radical (unpaired) electrons. The molecule has 1 aromatic heterocycles. The van der Waals surface area contributed by atoms with Crippen LogP contribution in [0.3, 0.4) is 0 Å². The van der Waals surface area contributed by atoms with Crippen molar-refractivity contribution in [2.45, 2.75) is 38.7 Å². The van der Waals surface area contributed by atoms with Crippen LogP contribution in [0.4, 0.5) is 5.69 Å². The summed E-state index contributed by atoms with van der Waals surface area (Å²) in [6.45, 7) is 2.77. The fourth-order valence-electron chi connectivity index (χ4n) is 2.68. The van der Waals surface area contributed by atoms with Crippen molar-refractivity contribution >= 4 is 11.6 Å². The molecular weight excluding hydrogens is 290 g/mol. The average molecular weight is 311 g/mol. The minimum Gasteiger partial charge on any atom is -0.378 e. The second-order valence-electron chi connectivity index (χ2n) is 5.82. The zero-order chi connectivity index (χ0) is 16.1. The second-order valence-corrected chi connectivity index (χ2v) is 5.82.